The van der Waals surface area contributed by atoms with E-state index < -0.39 is 11.8 Å². The van der Waals surface area contributed by atoms with Gasteiger partial charge in [0.15, 0.2) is 5.76 Å². The van der Waals surface area contributed by atoms with Crippen LogP contribution in [0.4, 0.5) is 0 Å². The highest BCUT2D eigenvalue weighted by molar-refractivity contribution is 6.43. The number of fused-ring (bicyclic) bond motifs is 1. The Hall–Kier alpha value is -3.67. The molecular weight excluding hydrogens is 356 g/mol. The third kappa shape index (κ3) is 3.32. The quantitative estimate of drug-likeness (QED) is 0.319. The Morgan fingerprint density at radius 2 is 1.82 bits per heavy atom. The molecule has 0 aliphatic carbocycles. The van der Waals surface area contributed by atoms with E-state index in [1.54, 1.807) is 19.1 Å². The van der Waals surface area contributed by atoms with Crippen molar-refractivity contribution in [3.8, 4) is 11.3 Å². The summed E-state index contributed by atoms with van der Waals surface area (Å²) in [4.78, 5) is 28.0. The van der Waals surface area contributed by atoms with Crippen molar-refractivity contribution in [3.63, 3.8) is 0 Å². The zero-order chi connectivity index (χ0) is 19.7. The van der Waals surface area contributed by atoms with Gasteiger partial charge in [0.1, 0.15) is 12.3 Å². The number of nitrogens with one attached hydrogen (secondary N) is 1. The summed E-state index contributed by atoms with van der Waals surface area (Å²) in [7, 11) is 0. The molecule has 4 rings (SSSR count). The number of hydrogen-bond donors (Lipinski definition) is 1. The average molecular weight is 374 g/mol. The van der Waals surface area contributed by atoms with Crippen molar-refractivity contribution in [3.05, 3.63) is 77.1 Å². The number of esters is 1. The van der Waals surface area contributed by atoms with E-state index in [1.807, 2.05) is 49.4 Å². The maximum Gasteiger partial charge on any atom is 0.380 e. The first-order valence-electron chi connectivity index (χ1n) is 8.84. The normalized spacial score (nSPS) is 10.9. The van der Waals surface area contributed by atoms with Crippen LogP contribution in [0.3, 0.4) is 0 Å². The van der Waals surface area contributed by atoms with Gasteiger partial charge in [-0.2, -0.15) is 0 Å². The number of carbonyl (C=O) groups excluding carboxylic acids is 2. The third-order valence-electron chi connectivity index (χ3n) is 4.55. The molecule has 28 heavy (non-hydrogen) atoms. The van der Waals surface area contributed by atoms with E-state index in [9.17, 15) is 9.59 Å². The smallest absolute Gasteiger partial charge is 0.380 e. The molecule has 2 aromatic carbocycles. The number of rotatable bonds is 5. The monoisotopic (exact) mass is 374 g/mol. The molecule has 2 aromatic heterocycles. The fourth-order valence-electron chi connectivity index (χ4n) is 3.11. The highest BCUT2D eigenvalue weighted by atomic mass is 16.5. The topological polar surface area (TPSA) is 85.2 Å². The van der Waals surface area contributed by atoms with Crippen LogP contribution >= 0.6 is 0 Å². The molecule has 1 N–H and O–H groups in total. The van der Waals surface area contributed by atoms with E-state index >= 15 is 0 Å². The summed E-state index contributed by atoms with van der Waals surface area (Å²) in [6.07, 6.45) is 0. The van der Waals surface area contributed by atoms with Crippen LogP contribution in [0.5, 0.6) is 0 Å². The second-order valence-corrected chi connectivity index (χ2v) is 6.62. The van der Waals surface area contributed by atoms with Crippen LogP contribution in [0.15, 0.2) is 59.1 Å². The number of H-pyrrole nitrogens is 1. The van der Waals surface area contributed by atoms with Crippen LogP contribution in [0, 0.1) is 13.8 Å². The van der Waals surface area contributed by atoms with Crippen molar-refractivity contribution >= 4 is 22.7 Å². The van der Waals surface area contributed by atoms with E-state index in [1.165, 1.54) is 0 Å². The summed E-state index contributed by atoms with van der Waals surface area (Å²) in [6.45, 7) is 3.62. The maximum absolute atomic E-state index is 12.6. The van der Waals surface area contributed by atoms with Crippen LogP contribution < -0.4 is 0 Å². The van der Waals surface area contributed by atoms with Crippen molar-refractivity contribution in [2.75, 3.05) is 0 Å². The number of aromatic amines is 1. The zero-order valence-electron chi connectivity index (χ0n) is 15.5. The Bertz CT molecular complexity index is 1170. The molecule has 0 saturated heterocycles. The highest BCUT2D eigenvalue weighted by Crippen LogP contribution is 2.23. The van der Waals surface area contributed by atoms with Gasteiger partial charge in [0, 0.05) is 28.2 Å². The summed E-state index contributed by atoms with van der Waals surface area (Å²) < 4.78 is 10.5. The molecule has 0 aliphatic rings. The van der Waals surface area contributed by atoms with Crippen molar-refractivity contribution < 1.29 is 18.8 Å². The van der Waals surface area contributed by atoms with Crippen LogP contribution in [-0.2, 0) is 16.1 Å². The van der Waals surface area contributed by atoms with Crippen molar-refractivity contribution in [1.29, 1.82) is 0 Å². The molecule has 6 nitrogen and oxygen atoms in total. The zero-order valence-corrected chi connectivity index (χ0v) is 15.5. The van der Waals surface area contributed by atoms with Crippen molar-refractivity contribution in [1.82, 2.24) is 10.1 Å². The van der Waals surface area contributed by atoms with Gasteiger partial charge in [-0.25, -0.2) is 4.79 Å². The number of hydrogen-bond acceptors (Lipinski definition) is 5. The van der Waals surface area contributed by atoms with Gasteiger partial charge in [0.05, 0.1) is 5.56 Å². The summed E-state index contributed by atoms with van der Waals surface area (Å²) >= 11 is 0. The molecular formula is C22H18N2O4. The molecule has 0 unspecified atom stereocenters. The Morgan fingerprint density at radius 3 is 2.61 bits per heavy atom. The molecule has 0 atom stereocenters. The predicted molar refractivity (Wildman–Crippen MR) is 104 cm³/mol. The van der Waals surface area contributed by atoms with Gasteiger partial charge in [-0.3, -0.25) is 4.79 Å². The Labute approximate surface area is 161 Å². The number of ether oxygens (including phenoxy) is 1. The number of para-hydroxylation sites is 1. The van der Waals surface area contributed by atoms with E-state index in [0.717, 1.165) is 16.6 Å². The average Bonchev–Trinajstić information content (AvgIpc) is 3.29. The first-order valence-corrected chi connectivity index (χ1v) is 8.84. The Morgan fingerprint density at radius 1 is 1.07 bits per heavy atom. The van der Waals surface area contributed by atoms with Crippen LogP contribution in [0.25, 0.3) is 22.2 Å². The summed E-state index contributed by atoms with van der Waals surface area (Å²) in [5.41, 5.74) is 4.22. The lowest BCUT2D eigenvalue weighted by Crippen LogP contribution is -2.18. The molecule has 0 saturated carbocycles. The number of aryl methyl sites for hydroxylation is 2. The molecule has 6 heteroatoms. The van der Waals surface area contributed by atoms with E-state index in [-0.39, 0.29) is 6.61 Å². The maximum atomic E-state index is 12.6. The number of ketones is 1. The minimum Gasteiger partial charge on any atom is -0.453 e. The molecule has 0 aliphatic heterocycles. The highest BCUT2D eigenvalue weighted by Gasteiger charge is 2.24. The number of Topliss-reactive ketones (excluding diaryl/α,β-unsaturated/α-hetero) is 1. The van der Waals surface area contributed by atoms with Gasteiger partial charge in [0.2, 0.25) is 0 Å². The van der Waals surface area contributed by atoms with E-state index in [0.29, 0.717) is 28.1 Å². The largest absolute Gasteiger partial charge is 0.453 e. The molecule has 0 spiro atoms. The first-order chi connectivity index (χ1) is 13.5. The fraction of sp³-hybridized carbons (Fsp3) is 0.136. The molecule has 0 bridgehead atoms. The lowest BCUT2D eigenvalue weighted by molar-refractivity contribution is -0.139. The standard InChI is InChI=1S/C22H18N2O4/c1-13-7-9-15(10-8-13)19-11-16(24-28-19)12-27-22(26)21(25)20-14(2)23-18-6-4-3-5-17(18)20/h3-11,23H,12H2,1-2H3. The van der Waals surface area contributed by atoms with Crippen LogP contribution in [0.1, 0.15) is 27.3 Å². The number of aromatic nitrogens is 2. The Kier molecular flexibility index (Phi) is 4.53. The first kappa shape index (κ1) is 17.7. The van der Waals surface area contributed by atoms with Gasteiger partial charge in [0.25, 0.3) is 5.78 Å². The van der Waals surface area contributed by atoms with Gasteiger partial charge in [-0.05, 0) is 19.9 Å². The van der Waals surface area contributed by atoms with E-state index in [2.05, 4.69) is 10.1 Å². The molecule has 4 aromatic rings. The minimum atomic E-state index is -0.923. The van der Waals surface area contributed by atoms with Crippen LogP contribution in [-0.4, -0.2) is 21.9 Å². The van der Waals surface area contributed by atoms with E-state index in [4.69, 9.17) is 9.26 Å². The van der Waals surface area contributed by atoms with Gasteiger partial charge in [-0.15, -0.1) is 0 Å². The van der Waals surface area contributed by atoms with Crippen molar-refractivity contribution in [2.45, 2.75) is 20.5 Å². The van der Waals surface area contributed by atoms with Gasteiger partial charge < -0.3 is 14.2 Å². The SMILES string of the molecule is Cc1ccc(-c2cc(COC(=O)C(=O)c3c(C)[nH]c4ccccc34)no2)cc1. The van der Waals surface area contributed by atoms with Crippen LogP contribution in [0.2, 0.25) is 0 Å². The van der Waals surface area contributed by atoms with Gasteiger partial charge in [-0.1, -0.05) is 53.2 Å². The Balaban J connectivity index is 1.46. The molecule has 0 fully saturated rings. The number of nitrogens with zero attached hydrogens (tertiary/aromatic N) is 1. The third-order valence-corrected chi connectivity index (χ3v) is 4.55. The molecule has 0 amide bonds. The fourth-order valence-corrected chi connectivity index (χ4v) is 3.11. The minimum absolute atomic E-state index is 0.138. The molecule has 2 heterocycles. The second-order valence-electron chi connectivity index (χ2n) is 6.62. The number of carbonyl (C=O) groups is 2. The molecule has 0 radical (unpaired) electrons. The summed E-state index contributed by atoms with van der Waals surface area (Å²) in [6, 6.07) is 16.8. The van der Waals surface area contributed by atoms with Gasteiger partial charge >= 0.3 is 5.97 Å². The lowest BCUT2D eigenvalue weighted by atomic mass is 10.1. The second kappa shape index (κ2) is 7.15. The lowest BCUT2D eigenvalue weighted by Gasteiger charge is -2.02. The summed E-state index contributed by atoms with van der Waals surface area (Å²) in [5.74, 6) is -1.03. The van der Waals surface area contributed by atoms with Crippen molar-refractivity contribution in [2.24, 2.45) is 0 Å². The molecule has 140 valence electrons. The predicted octanol–water partition coefficient (Wildman–Crippen LogP) is 4.37. The summed E-state index contributed by atoms with van der Waals surface area (Å²) in [5, 5.41) is 4.61. The number of benzene rings is 2.